The van der Waals surface area contributed by atoms with Gasteiger partial charge in [0.25, 0.3) is 0 Å². The van der Waals surface area contributed by atoms with E-state index in [1.54, 1.807) is 5.57 Å². The van der Waals surface area contributed by atoms with Crippen LogP contribution in [0, 0.1) is 52.8 Å². The largest absolute Gasteiger partial charge is 0.393 e. The Hall–Kier alpha value is -1.51. The number of hydrogen-bond acceptors (Lipinski definition) is 8. The first-order valence-electron chi connectivity index (χ1n) is 18.8. The molecule has 1 unspecified atom stereocenters. The molecule has 0 heterocycles. The van der Waals surface area contributed by atoms with Crippen molar-refractivity contribution in [2.45, 2.75) is 91.1 Å². The molecule has 0 saturated heterocycles. The Bertz CT molecular complexity index is 1030. The number of rotatable bonds is 23. The number of allylic oxidation sites excluding steroid dienone is 1. The third-order valence-electron chi connectivity index (χ3n) is 12.3. The fourth-order valence-electron chi connectivity index (χ4n) is 9.76. The van der Waals surface area contributed by atoms with E-state index in [-0.39, 0.29) is 12.0 Å². The van der Waals surface area contributed by atoms with Crippen molar-refractivity contribution in [2.75, 3.05) is 85.8 Å². The van der Waals surface area contributed by atoms with Gasteiger partial charge in [0.1, 0.15) is 6.61 Å². The highest BCUT2D eigenvalue weighted by Gasteiger charge is 2.59. The Balaban J connectivity index is 0.977. The van der Waals surface area contributed by atoms with Gasteiger partial charge in [-0.2, -0.15) is 0 Å². The van der Waals surface area contributed by atoms with E-state index in [0.29, 0.717) is 115 Å². The molecule has 0 spiro atoms. The summed E-state index contributed by atoms with van der Waals surface area (Å²) in [6, 6.07) is 0. The smallest absolute Gasteiger partial charge is 0.220 e. The zero-order chi connectivity index (χ0) is 34.2. The van der Waals surface area contributed by atoms with E-state index in [1.165, 1.54) is 32.1 Å². The summed E-state index contributed by atoms with van der Waals surface area (Å²) < 4.78 is 32.6. The van der Waals surface area contributed by atoms with Gasteiger partial charge < -0.3 is 38.8 Å². The first-order chi connectivity index (χ1) is 23.3. The van der Waals surface area contributed by atoms with Crippen LogP contribution in [0.2, 0.25) is 0 Å². The lowest BCUT2D eigenvalue weighted by molar-refractivity contribution is -0.121. The molecule has 4 aliphatic carbocycles. The summed E-state index contributed by atoms with van der Waals surface area (Å²) in [6.07, 6.45) is 18.5. The van der Waals surface area contributed by atoms with Gasteiger partial charge in [-0.15, -0.1) is 6.42 Å². The molecule has 8 atom stereocenters. The van der Waals surface area contributed by atoms with Crippen LogP contribution in [0.1, 0.15) is 85.0 Å². The van der Waals surface area contributed by atoms with Crippen LogP contribution in [0.15, 0.2) is 11.6 Å². The molecular weight excluding hydrogens is 610 g/mol. The van der Waals surface area contributed by atoms with Crippen LogP contribution in [0.25, 0.3) is 0 Å². The van der Waals surface area contributed by atoms with E-state index in [0.717, 1.165) is 43.4 Å². The van der Waals surface area contributed by atoms with Gasteiger partial charge in [0.15, 0.2) is 0 Å². The number of carbonyl (C=O) groups is 1. The molecule has 9 heteroatoms. The van der Waals surface area contributed by atoms with E-state index in [2.05, 4.69) is 38.1 Å². The van der Waals surface area contributed by atoms with Gasteiger partial charge in [0.05, 0.1) is 78.8 Å². The van der Waals surface area contributed by atoms with Crippen molar-refractivity contribution in [2.24, 2.45) is 40.4 Å². The van der Waals surface area contributed by atoms with E-state index in [9.17, 15) is 9.90 Å². The SMILES string of the molecule is C#CCOCCOCCOCCOCCOCCOCCNC(=O)CCC(C)[C@H]1CC[C@H]2[C@@H]3CC=C4C[C@@H](O)CC[C@]4(C)[C@H]3CC[C@]12C. The Labute approximate surface area is 290 Å². The van der Waals surface area contributed by atoms with Crippen molar-refractivity contribution >= 4 is 5.91 Å². The highest BCUT2D eigenvalue weighted by atomic mass is 16.6. The van der Waals surface area contributed by atoms with Crippen molar-refractivity contribution in [3.05, 3.63) is 11.6 Å². The normalized spacial score (nSPS) is 31.6. The Kier molecular flexibility index (Phi) is 16.7. The van der Waals surface area contributed by atoms with Gasteiger partial charge in [-0.3, -0.25) is 4.79 Å². The van der Waals surface area contributed by atoms with Crippen molar-refractivity contribution in [1.29, 1.82) is 0 Å². The van der Waals surface area contributed by atoms with E-state index < -0.39 is 0 Å². The molecule has 48 heavy (non-hydrogen) atoms. The second-order valence-corrected chi connectivity index (χ2v) is 15.1. The maximum Gasteiger partial charge on any atom is 0.220 e. The van der Waals surface area contributed by atoms with Crippen molar-refractivity contribution in [1.82, 2.24) is 5.32 Å². The zero-order valence-electron chi connectivity index (χ0n) is 30.2. The molecule has 3 saturated carbocycles. The van der Waals surface area contributed by atoms with Crippen LogP contribution in [-0.4, -0.2) is 103 Å². The van der Waals surface area contributed by atoms with Crippen molar-refractivity contribution in [3.63, 3.8) is 0 Å². The molecule has 4 rings (SSSR count). The number of hydrogen-bond donors (Lipinski definition) is 2. The van der Waals surface area contributed by atoms with E-state index in [1.807, 2.05) is 0 Å². The predicted molar refractivity (Wildman–Crippen MR) is 186 cm³/mol. The highest BCUT2D eigenvalue weighted by Crippen LogP contribution is 2.67. The third kappa shape index (κ3) is 11.0. The number of aliphatic hydroxyl groups excluding tert-OH is 1. The molecule has 274 valence electrons. The Morgan fingerprint density at radius 1 is 0.875 bits per heavy atom. The molecule has 4 aliphatic rings. The summed E-state index contributed by atoms with van der Waals surface area (Å²) in [5.74, 6) is 6.14. The minimum absolute atomic E-state index is 0.127. The molecule has 0 bridgehead atoms. The van der Waals surface area contributed by atoms with Crippen LogP contribution >= 0.6 is 0 Å². The number of fused-ring (bicyclic) bond motifs is 5. The quantitative estimate of drug-likeness (QED) is 0.0867. The number of aliphatic hydroxyl groups is 1. The fraction of sp³-hybridized carbons (Fsp3) is 0.872. The monoisotopic (exact) mass is 675 g/mol. The van der Waals surface area contributed by atoms with Gasteiger partial charge in [0, 0.05) is 13.0 Å². The van der Waals surface area contributed by atoms with Crippen LogP contribution in [0.4, 0.5) is 0 Å². The highest BCUT2D eigenvalue weighted by molar-refractivity contribution is 5.75. The molecule has 3 fully saturated rings. The summed E-state index contributed by atoms with van der Waals surface area (Å²) in [4.78, 5) is 12.6. The summed E-state index contributed by atoms with van der Waals surface area (Å²) in [6.45, 7) is 13.8. The Morgan fingerprint density at radius 2 is 1.48 bits per heavy atom. The van der Waals surface area contributed by atoms with Crippen LogP contribution in [-0.2, 0) is 33.2 Å². The second kappa shape index (κ2) is 20.4. The number of carbonyl (C=O) groups excluding carboxylic acids is 1. The molecule has 2 N–H and O–H groups in total. The second-order valence-electron chi connectivity index (χ2n) is 15.1. The lowest BCUT2D eigenvalue weighted by Gasteiger charge is -2.58. The molecule has 9 nitrogen and oxygen atoms in total. The summed E-state index contributed by atoms with van der Waals surface area (Å²) in [7, 11) is 0. The maximum atomic E-state index is 12.6. The van der Waals surface area contributed by atoms with Crippen LogP contribution < -0.4 is 5.32 Å². The Morgan fingerprint density at radius 3 is 2.10 bits per heavy atom. The zero-order valence-corrected chi connectivity index (χ0v) is 30.2. The molecule has 1 amide bonds. The standard InChI is InChI=1S/C39H65NO8/c1-5-17-43-19-21-45-23-25-47-27-28-48-26-24-46-22-20-44-18-16-40-37(42)11-6-30(2)34-9-10-35-33-8-7-31-29-32(41)12-14-38(31,3)36(33)13-15-39(34,35)4/h1,7,30,32-36,41H,6,8-29H2,2-4H3,(H,40,42)/t30?,32-,33-,34+,35-,36-,38-,39+/m0/s1. The minimum atomic E-state index is -0.139. The van der Waals surface area contributed by atoms with Gasteiger partial charge in [-0.05, 0) is 98.2 Å². The summed E-state index contributed by atoms with van der Waals surface area (Å²) in [5, 5.41) is 13.4. The summed E-state index contributed by atoms with van der Waals surface area (Å²) in [5.41, 5.74) is 2.24. The summed E-state index contributed by atoms with van der Waals surface area (Å²) >= 11 is 0. The minimum Gasteiger partial charge on any atom is -0.393 e. The molecular formula is C39H65NO8. The van der Waals surface area contributed by atoms with Gasteiger partial charge >= 0.3 is 0 Å². The maximum absolute atomic E-state index is 12.6. The molecule has 0 aromatic heterocycles. The van der Waals surface area contributed by atoms with Gasteiger partial charge in [0.2, 0.25) is 5.91 Å². The fourth-order valence-corrected chi connectivity index (χ4v) is 9.76. The lowest BCUT2D eigenvalue weighted by Crippen LogP contribution is -2.50. The van der Waals surface area contributed by atoms with E-state index in [4.69, 9.17) is 34.8 Å². The lowest BCUT2D eigenvalue weighted by atomic mass is 9.47. The van der Waals surface area contributed by atoms with Crippen molar-refractivity contribution in [3.8, 4) is 12.3 Å². The van der Waals surface area contributed by atoms with Gasteiger partial charge in [-0.25, -0.2) is 0 Å². The number of nitrogens with one attached hydrogen (secondary N) is 1. The molecule has 0 aromatic carbocycles. The third-order valence-corrected chi connectivity index (χ3v) is 12.3. The predicted octanol–water partition coefficient (Wildman–Crippen LogP) is 5.19. The average molecular weight is 676 g/mol. The first-order valence-corrected chi connectivity index (χ1v) is 18.8. The van der Waals surface area contributed by atoms with Gasteiger partial charge in [-0.1, -0.05) is 38.3 Å². The molecule has 0 aromatic rings. The average Bonchev–Trinajstić information content (AvgIpc) is 3.44. The molecule has 0 aliphatic heterocycles. The number of amides is 1. The topological polar surface area (TPSA) is 105 Å². The van der Waals surface area contributed by atoms with Crippen LogP contribution in [0.3, 0.4) is 0 Å². The first kappa shape index (κ1) is 39.3. The van der Waals surface area contributed by atoms with Crippen molar-refractivity contribution < 1.29 is 38.3 Å². The van der Waals surface area contributed by atoms with Crippen LogP contribution in [0.5, 0.6) is 0 Å². The molecule has 0 radical (unpaired) electrons. The number of terminal acetylenes is 1. The van der Waals surface area contributed by atoms with E-state index >= 15 is 0 Å². The number of ether oxygens (including phenoxy) is 6.